The van der Waals surface area contributed by atoms with Crippen molar-refractivity contribution in [2.75, 3.05) is 26.7 Å². The van der Waals surface area contributed by atoms with E-state index in [2.05, 4.69) is 6.58 Å². The molecule has 7 heteroatoms. The van der Waals surface area contributed by atoms with Crippen LogP contribution in [0.1, 0.15) is 31.1 Å². The number of likely N-dealkylation sites (N-methyl/N-ethyl adjacent to an activating group) is 1. The van der Waals surface area contributed by atoms with Crippen LogP contribution < -0.4 is 9.47 Å². The van der Waals surface area contributed by atoms with Crippen molar-refractivity contribution in [2.24, 2.45) is 0 Å². The summed E-state index contributed by atoms with van der Waals surface area (Å²) in [6.07, 6.45) is 1.19. The number of hydrogen-bond donors (Lipinski definition) is 0. The third-order valence-electron chi connectivity index (χ3n) is 4.92. The van der Waals surface area contributed by atoms with Gasteiger partial charge in [-0.3, -0.25) is 19.3 Å². The minimum atomic E-state index is -0.414. The van der Waals surface area contributed by atoms with Gasteiger partial charge in [0.1, 0.15) is 6.61 Å². The van der Waals surface area contributed by atoms with Gasteiger partial charge in [0.15, 0.2) is 17.6 Å². The van der Waals surface area contributed by atoms with Crippen LogP contribution in [0.15, 0.2) is 55.1 Å². The topological polar surface area (TPSA) is 76.2 Å². The van der Waals surface area contributed by atoms with E-state index < -0.39 is 5.91 Å². The number of hydrogen-bond acceptors (Lipinski definition) is 5. The molecule has 2 heterocycles. The fraction of sp³-hybridized carbons (Fsp3) is 0.227. The van der Waals surface area contributed by atoms with Crippen LogP contribution in [0.2, 0.25) is 0 Å². The van der Waals surface area contributed by atoms with Crippen molar-refractivity contribution in [3.05, 3.63) is 71.8 Å². The van der Waals surface area contributed by atoms with E-state index in [0.29, 0.717) is 35.8 Å². The van der Waals surface area contributed by atoms with Gasteiger partial charge in [0, 0.05) is 19.2 Å². The molecule has 148 valence electrons. The number of rotatable bonds is 5. The Morgan fingerprint density at radius 2 is 1.90 bits per heavy atom. The van der Waals surface area contributed by atoms with Gasteiger partial charge in [-0.05, 0) is 30.3 Å². The number of imide groups is 1. The normalized spacial score (nSPS) is 17.1. The molecular weight excluding hydrogens is 372 g/mol. The highest BCUT2D eigenvalue weighted by molar-refractivity contribution is 6.22. The fourth-order valence-corrected chi connectivity index (χ4v) is 3.48. The molecule has 0 spiro atoms. The molecule has 3 amide bonds. The molecule has 0 radical (unpaired) electrons. The van der Waals surface area contributed by atoms with Crippen LogP contribution >= 0.6 is 0 Å². The quantitative estimate of drug-likeness (QED) is 0.577. The van der Waals surface area contributed by atoms with Crippen molar-refractivity contribution >= 4 is 17.7 Å². The maximum absolute atomic E-state index is 12.9. The molecule has 7 nitrogen and oxygen atoms in total. The Morgan fingerprint density at radius 3 is 2.66 bits per heavy atom. The highest BCUT2D eigenvalue weighted by Crippen LogP contribution is 2.31. The lowest BCUT2D eigenvalue weighted by atomic mass is 10.0. The zero-order valence-corrected chi connectivity index (χ0v) is 16.0. The second-order valence-electron chi connectivity index (χ2n) is 6.95. The molecular formula is C22H20N2O5. The van der Waals surface area contributed by atoms with Crippen LogP contribution in [0.5, 0.6) is 11.5 Å². The standard InChI is InChI=1S/C22H20N2O5/c1-3-10-24-21(26)16-9-8-14(11-17(16)22(24)27)20(25)23(2)12-15-13-28-18-6-4-5-7-19(18)29-15/h3-9,11,15H,1,10,12-13H2,2H3/t15-/m0/s1. The number of carbonyl (C=O) groups is 3. The summed E-state index contributed by atoms with van der Waals surface area (Å²) in [5.41, 5.74) is 0.879. The van der Waals surface area contributed by atoms with E-state index in [1.807, 2.05) is 24.3 Å². The van der Waals surface area contributed by atoms with Gasteiger partial charge in [0.05, 0.1) is 17.7 Å². The zero-order chi connectivity index (χ0) is 20.5. The summed E-state index contributed by atoms with van der Waals surface area (Å²) in [6, 6.07) is 11.9. The first-order chi connectivity index (χ1) is 14.0. The molecule has 0 fully saturated rings. The lowest BCUT2D eigenvalue weighted by Crippen LogP contribution is -2.41. The minimum absolute atomic E-state index is 0.135. The summed E-state index contributed by atoms with van der Waals surface area (Å²) in [5.74, 6) is 0.279. The maximum Gasteiger partial charge on any atom is 0.261 e. The molecule has 0 aromatic heterocycles. The number of fused-ring (bicyclic) bond motifs is 2. The molecule has 0 saturated heterocycles. The van der Waals surface area contributed by atoms with E-state index in [-0.39, 0.29) is 30.0 Å². The van der Waals surface area contributed by atoms with E-state index in [0.717, 1.165) is 4.90 Å². The molecule has 2 aliphatic heterocycles. The first-order valence-corrected chi connectivity index (χ1v) is 9.24. The summed E-state index contributed by atoms with van der Waals surface area (Å²) in [5, 5.41) is 0. The second-order valence-corrected chi connectivity index (χ2v) is 6.95. The maximum atomic E-state index is 12.9. The van der Waals surface area contributed by atoms with Crippen LogP contribution in [0.3, 0.4) is 0 Å². The second kappa shape index (κ2) is 7.43. The van der Waals surface area contributed by atoms with Crippen LogP contribution in [-0.2, 0) is 0 Å². The van der Waals surface area contributed by atoms with Gasteiger partial charge in [-0.1, -0.05) is 18.2 Å². The fourth-order valence-electron chi connectivity index (χ4n) is 3.48. The summed E-state index contributed by atoms with van der Waals surface area (Å²) in [7, 11) is 1.66. The summed E-state index contributed by atoms with van der Waals surface area (Å²) >= 11 is 0. The van der Waals surface area contributed by atoms with E-state index in [1.54, 1.807) is 13.1 Å². The number of nitrogens with zero attached hydrogens (tertiary/aromatic N) is 2. The molecule has 2 aliphatic rings. The van der Waals surface area contributed by atoms with Crippen LogP contribution in [-0.4, -0.2) is 60.4 Å². The minimum Gasteiger partial charge on any atom is -0.486 e. The molecule has 4 rings (SSSR count). The van der Waals surface area contributed by atoms with E-state index in [9.17, 15) is 14.4 Å². The SMILES string of the molecule is C=CCN1C(=O)c2ccc(C(=O)N(C)C[C@H]3COc4ccccc4O3)cc2C1=O. The number of ether oxygens (including phenoxy) is 2. The van der Waals surface area contributed by atoms with Crippen molar-refractivity contribution < 1.29 is 23.9 Å². The Bertz CT molecular complexity index is 1020. The lowest BCUT2D eigenvalue weighted by Gasteiger charge is -2.29. The van der Waals surface area contributed by atoms with Crippen molar-refractivity contribution in [3.63, 3.8) is 0 Å². The number of carbonyl (C=O) groups excluding carboxylic acids is 3. The molecule has 29 heavy (non-hydrogen) atoms. The zero-order valence-electron chi connectivity index (χ0n) is 16.0. The Balaban J connectivity index is 1.47. The molecule has 0 aliphatic carbocycles. The van der Waals surface area contributed by atoms with Crippen LogP contribution in [0, 0.1) is 0 Å². The van der Waals surface area contributed by atoms with Gasteiger partial charge in [0.25, 0.3) is 17.7 Å². The monoisotopic (exact) mass is 392 g/mol. The van der Waals surface area contributed by atoms with Gasteiger partial charge in [-0.2, -0.15) is 0 Å². The highest BCUT2D eigenvalue weighted by Gasteiger charge is 2.35. The van der Waals surface area contributed by atoms with Gasteiger partial charge in [-0.15, -0.1) is 6.58 Å². The number of para-hydroxylation sites is 2. The van der Waals surface area contributed by atoms with Gasteiger partial charge < -0.3 is 14.4 Å². The number of benzene rings is 2. The van der Waals surface area contributed by atoms with Crippen molar-refractivity contribution in [2.45, 2.75) is 6.10 Å². The largest absolute Gasteiger partial charge is 0.486 e. The molecule has 0 saturated carbocycles. The number of amides is 3. The van der Waals surface area contributed by atoms with Gasteiger partial charge in [-0.25, -0.2) is 0 Å². The van der Waals surface area contributed by atoms with Crippen LogP contribution in [0.25, 0.3) is 0 Å². The van der Waals surface area contributed by atoms with Crippen molar-refractivity contribution in [1.29, 1.82) is 0 Å². The Kier molecular flexibility index (Phi) is 4.80. The first kappa shape index (κ1) is 18.7. The van der Waals surface area contributed by atoms with Gasteiger partial charge in [0.2, 0.25) is 0 Å². The third kappa shape index (κ3) is 3.35. The smallest absolute Gasteiger partial charge is 0.261 e. The molecule has 2 aromatic rings. The average molecular weight is 392 g/mol. The van der Waals surface area contributed by atoms with Crippen molar-refractivity contribution in [1.82, 2.24) is 9.80 Å². The Labute approximate surface area is 168 Å². The van der Waals surface area contributed by atoms with E-state index in [1.165, 1.54) is 23.1 Å². The van der Waals surface area contributed by atoms with Gasteiger partial charge >= 0.3 is 0 Å². The summed E-state index contributed by atoms with van der Waals surface area (Å²) in [6.45, 7) is 4.36. The first-order valence-electron chi connectivity index (χ1n) is 9.24. The van der Waals surface area contributed by atoms with E-state index in [4.69, 9.17) is 9.47 Å². The predicted molar refractivity (Wildman–Crippen MR) is 105 cm³/mol. The molecule has 2 aromatic carbocycles. The van der Waals surface area contributed by atoms with Crippen molar-refractivity contribution in [3.8, 4) is 11.5 Å². The van der Waals surface area contributed by atoms with E-state index >= 15 is 0 Å². The van der Waals surface area contributed by atoms with Crippen LogP contribution in [0.4, 0.5) is 0 Å². The molecule has 0 bridgehead atoms. The lowest BCUT2D eigenvalue weighted by molar-refractivity contribution is 0.0521. The predicted octanol–water partition coefficient (Wildman–Crippen LogP) is 2.38. The molecule has 1 atom stereocenters. The summed E-state index contributed by atoms with van der Waals surface area (Å²) in [4.78, 5) is 40.3. The molecule has 0 unspecified atom stereocenters. The Hall–Kier alpha value is -3.61. The third-order valence-corrected chi connectivity index (χ3v) is 4.92. The molecule has 0 N–H and O–H groups in total. The summed E-state index contributed by atoms with van der Waals surface area (Å²) < 4.78 is 11.6. The highest BCUT2D eigenvalue weighted by atomic mass is 16.6. The Morgan fingerprint density at radius 1 is 1.17 bits per heavy atom. The average Bonchev–Trinajstić information content (AvgIpc) is 2.97.